The molecule has 6 heteroatoms. The maximum Gasteiger partial charge on any atom is 0.306 e. The van der Waals surface area contributed by atoms with Gasteiger partial charge in [0, 0.05) is 45.2 Å². The van der Waals surface area contributed by atoms with Crippen molar-refractivity contribution in [2.24, 2.45) is 0 Å². The average Bonchev–Trinajstić information content (AvgIpc) is 3.66. The van der Waals surface area contributed by atoms with Gasteiger partial charge in [0.15, 0.2) is 0 Å². The van der Waals surface area contributed by atoms with E-state index < -0.39 is 0 Å². The van der Waals surface area contributed by atoms with Gasteiger partial charge in [-0.3, -0.25) is 9.59 Å². The van der Waals surface area contributed by atoms with Gasteiger partial charge in [0.25, 0.3) is 0 Å². The van der Waals surface area contributed by atoms with Crippen LogP contribution in [0.25, 0.3) is 30.6 Å². The Hall–Kier alpha value is -3.22. The van der Waals surface area contributed by atoms with Crippen LogP contribution in [0.3, 0.4) is 0 Å². The SMILES string of the molecule is CCCCC(=O)O[C@@H](C)Cc1ccc(-c2ccc(-c3ccc(-c4ccc(C[C@H](C)OC(=O)CCCC)cc4)s3)s2)cc1. The standard InChI is InChI=1S/C36H42O4S2/c1-5-7-9-35(37)39-25(3)23-27-11-15-29(16-12-27)31-19-21-33(41-31)34-22-20-32(42-34)30-17-13-28(14-18-30)24-26(4)40-36(38)10-8-6-2/h11-22,25-26H,5-10,23-24H2,1-4H3/t25-,26-/m0/s1. The first-order chi connectivity index (χ1) is 20.3. The van der Waals surface area contributed by atoms with Crippen LogP contribution in [0, 0.1) is 0 Å². The van der Waals surface area contributed by atoms with Crippen molar-refractivity contribution in [1.29, 1.82) is 0 Å². The highest BCUT2D eigenvalue weighted by Gasteiger charge is 2.13. The van der Waals surface area contributed by atoms with Crippen molar-refractivity contribution in [2.75, 3.05) is 0 Å². The Morgan fingerprint density at radius 1 is 0.571 bits per heavy atom. The summed E-state index contributed by atoms with van der Waals surface area (Å²) >= 11 is 3.60. The van der Waals surface area contributed by atoms with E-state index in [0.29, 0.717) is 12.8 Å². The van der Waals surface area contributed by atoms with E-state index in [2.05, 4.69) is 86.6 Å². The summed E-state index contributed by atoms with van der Waals surface area (Å²) in [4.78, 5) is 28.8. The molecule has 222 valence electrons. The largest absolute Gasteiger partial charge is 0.462 e. The second-order valence-electron chi connectivity index (χ2n) is 10.9. The van der Waals surface area contributed by atoms with E-state index in [-0.39, 0.29) is 24.1 Å². The molecule has 0 aliphatic rings. The summed E-state index contributed by atoms with van der Waals surface area (Å²) in [5.74, 6) is -0.208. The number of thiophene rings is 2. The van der Waals surface area contributed by atoms with Crippen molar-refractivity contribution < 1.29 is 19.1 Å². The third-order valence-corrected chi connectivity index (χ3v) is 9.58. The van der Waals surface area contributed by atoms with Gasteiger partial charge in [0.05, 0.1) is 0 Å². The molecule has 2 heterocycles. The molecule has 0 saturated heterocycles. The number of hydrogen-bond acceptors (Lipinski definition) is 6. The van der Waals surface area contributed by atoms with Gasteiger partial charge in [-0.25, -0.2) is 0 Å². The number of esters is 2. The molecule has 0 aliphatic carbocycles. The number of carbonyl (C=O) groups is 2. The Bertz CT molecular complexity index is 1310. The van der Waals surface area contributed by atoms with Crippen LogP contribution in [-0.4, -0.2) is 24.1 Å². The second kappa shape index (κ2) is 15.9. The molecule has 0 unspecified atom stereocenters. The number of rotatable bonds is 15. The van der Waals surface area contributed by atoms with E-state index in [0.717, 1.165) is 38.5 Å². The predicted molar refractivity (Wildman–Crippen MR) is 176 cm³/mol. The van der Waals surface area contributed by atoms with Crippen LogP contribution in [0.15, 0.2) is 72.8 Å². The molecule has 4 aromatic rings. The molecule has 0 bridgehead atoms. The van der Waals surface area contributed by atoms with Crippen molar-refractivity contribution >= 4 is 34.6 Å². The van der Waals surface area contributed by atoms with Gasteiger partial charge in [0.1, 0.15) is 12.2 Å². The highest BCUT2D eigenvalue weighted by atomic mass is 32.1. The van der Waals surface area contributed by atoms with Gasteiger partial charge >= 0.3 is 11.9 Å². The van der Waals surface area contributed by atoms with Crippen LogP contribution in [0.2, 0.25) is 0 Å². The molecule has 2 atom stereocenters. The quantitative estimate of drug-likeness (QED) is 0.127. The summed E-state index contributed by atoms with van der Waals surface area (Å²) in [6.07, 6.45) is 5.94. The van der Waals surface area contributed by atoms with Crippen molar-refractivity contribution in [1.82, 2.24) is 0 Å². The summed E-state index contributed by atoms with van der Waals surface area (Å²) in [6, 6.07) is 26.0. The van der Waals surface area contributed by atoms with Gasteiger partial charge in [-0.05, 0) is 73.2 Å². The second-order valence-corrected chi connectivity index (χ2v) is 13.1. The third kappa shape index (κ3) is 9.40. The van der Waals surface area contributed by atoms with Crippen LogP contribution in [0.5, 0.6) is 0 Å². The van der Waals surface area contributed by atoms with Gasteiger partial charge < -0.3 is 9.47 Å². The van der Waals surface area contributed by atoms with E-state index in [4.69, 9.17) is 9.47 Å². The maximum atomic E-state index is 11.9. The summed E-state index contributed by atoms with van der Waals surface area (Å²) < 4.78 is 11.1. The minimum absolute atomic E-state index is 0.104. The minimum atomic E-state index is -0.124. The summed E-state index contributed by atoms with van der Waals surface area (Å²) in [7, 11) is 0. The van der Waals surface area contributed by atoms with E-state index in [1.54, 1.807) is 22.7 Å². The van der Waals surface area contributed by atoms with Crippen LogP contribution >= 0.6 is 22.7 Å². The van der Waals surface area contributed by atoms with Crippen molar-refractivity contribution in [3.05, 3.63) is 83.9 Å². The van der Waals surface area contributed by atoms with Crippen LogP contribution in [-0.2, 0) is 31.9 Å². The van der Waals surface area contributed by atoms with Crippen molar-refractivity contribution in [3.8, 4) is 30.6 Å². The zero-order valence-electron chi connectivity index (χ0n) is 25.2. The smallest absolute Gasteiger partial charge is 0.306 e. The summed E-state index contributed by atoms with van der Waals surface area (Å²) in [5, 5.41) is 0. The number of benzene rings is 2. The molecule has 0 aliphatic heterocycles. The molecular weight excluding hydrogens is 561 g/mol. The van der Waals surface area contributed by atoms with Gasteiger partial charge in [-0.2, -0.15) is 0 Å². The molecule has 0 saturated carbocycles. The highest BCUT2D eigenvalue weighted by Crippen LogP contribution is 2.40. The first-order valence-corrected chi connectivity index (χ1v) is 16.8. The van der Waals surface area contributed by atoms with E-state index in [9.17, 15) is 9.59 Å². The molecule has 2 aromatic heterocycles. The lowest BCUT2D eigenvalue weighted by Crippen LogP contribution is -2.17. The number of hydrogen-bond donors (Lipinski definition) is 0. The molecule has 0 N–H and O–H groups in total. The lowest BCUT2D eigenvalue weighted by atomic mass is 10.1. The highest BCUT2D eigenvalue weighted by molar-refractivity contribution is 7.25. The predicted octanol–water partition coefficient (Wildman–Crippen LogP) is 10.1. The van der Waals surface area contributed by atoms with E-state index in [1.165, 1.54) is 41.8 Å². The van der Waals surface area contributed by atoms with Crippen molar-refractivity contribution in [3.63, 3.8) is 0 Å². The lowest BCUT2D eigenvalue weighted by Gasteiger charge is -2.13. The van der Waals surface area contributed by atoms with Crippen LogP contribution in [0.4, 0.5) is 0 Å². The Balaban J connectivity index is 1.32. The third-order valence-electron chi connectivity index (χ3n) is 7.11. The van der Waals surface area contributed by atoms with Gasteiger partial charge in [-0.1, -0.05) is 75.2 Å². The number of unbranched alkanes of at least 4 members (excludes halogenated alkanes) is 2. The maximum absolute atomic E-state index is 11.9. The molecule has 0 radical (unpaired) electrons. The Morgan fingerprint density at radius 2 is 0.929 bits per heavy atom. The average molecular weight is 603 g/mol. The molecule has 4 nitrogen and oxygen atoms in total. The Morgan fingerprint density at radius 3 is 1.29 bits per heavy atom. The van der Waals surface area contributed by atoms with Gasteiger partial charge in [-0.15, -0.1) is 22.7 Å². The number of ether oxygens (including phenoxy) is 2. The first-order valence-electron chi connectivity index (χ1n) is 15.1. The lowest BCUT2D eigenvalue weighted by molar-refractivity contribution is -0.149. The first kappa shape index (κ1) is 31.7. The zero-order valence-corrected chi connectivity index (χ0v) is 26.8. The number of carbonyl (C=O) groups excluding carboxylic acids is 2. The molecule has 0 fully saturated rings. The molecule has 42 heavy (non-hydrogen) atoms. The fraction of sp³-hybridized carbons (Fsp3) is 0.389. The minimum Gasteiger partial charge on any atom is -0.462 e. The monoisotopic (exact) mass is 602 g/mol. The fourth-order valence-corrected chi connectivity index (χ4v) is 6.93. The molecular formula is C36H42O4S2. The molecule has 2 aromatic carbocycles. The zero-order chi connectivity index (χ0) is 29.9. The topological polar surface area (TPSA) is 52.6 Å². The molecule has 0 spiro atoms. The molecule has 0 amide bonds. The Labute approximate surface area is 258 Å². The van der Waals surface area contributed by atoms with E-state index in [1.807, 2.05) is 13.8 Å². The van der Waals surface area contributed by atoms with Gasteiger partial charge in [0.2, 0.25) is 0 Å². The normalized spacial score (nSPS) is 12.6. The van der Waals surface area contributed by atoms with Crippen LogP contribution in [0.1, 0.15) is 77.3 Å². The summed E-state index contributed by atoms with van der Waals surface area (Å²) in [5.41, 5.74) is 4.73. The fourth-order valence-electron chi connectivity index (χ4n) is 4.82. The van der Waals surface area contributed by atoms with E-state index >= 15 is 0 Å². The molecule has 4 rings (SSSR count). The summed E-state index contributed by atoms with van der Waals surface area (Å²) in [6.45, 7) is 8.07. The Kier molecular flexibility index (Phi) is 12.0. The van der Waals surface area contributed by atoms with Crippen LogP contribution < -0.4 is 0 Å². The van der Waals surface area contributed by atoms with Crippen molar-refractivity contribution in [2.45, 2.75) is 91.3 Å².